The van der Waals surface area contributed by atoms with E-state index in [4.69, 9.17) is 9.84 Å². The molecule has 0 aromatic heterocycles. The molecule has 1 amide bonds. The summed E-state index contributed by atoms with van der Waals surface area (Å²) in [6.45, 7) is -0.0998. The maximum absolute atomic E-state index is 11.8. The van der Waals surface area contributed by atoms with E-state index in [-0.39, 0.29) is 31.4 Å². The summed E-state index contributed by atoms with van der Waals surface area (Å²) in [6, 6.07) is 9.64. The Morgan fingerprint density at radius 1 is 0.818 bits per heavy atom. The Balaban J connectivity index is 1.91. The van der Waals surface area contributed by atoms with Crippen LogP contribution in [0.5, 0.6) is 0 Å². The standard InChI is InChI=1S/C25H41NO7/c27-17-16-21(28)25(32)22(29)18-26-23(30)14-10-5-3-1-2-4-6-11-15-24(31)33-19-20-12-8-7-9-13-20/h7-9,12-13,21-22,25,27-29,32H,1-6,10-11,14-19H2,(H,26,30)/t21-,22+,25+/m1/s1. The van der Waals surface area contributed by atoms with Crippen LogP contribution in [0.2, 0.25) is 0 Å². The number of hydrogen-bond acceptors (Lipinski definition) is 7. The van der Waals surface area contributed by atoms with Crippen molar-refractivity contribution in [2.75, 3.05) is 13.2 Å². The summed E-state index contributed by atoms with van der Waals surface area (Å²) in [5.74, 6) is -0.349. The Morgan fingerprint density at radius 2 is 1.39 bits per heavy atom. The number of benzene rings is 1. The highest BCUT2D eigenvalue weighted by molar-refractivity contribution is 5.75. The Kier molecular flexibility index (Phi) is 16.2. The van der Waals surface area contributed by atoms with E-state index in [2.05, 4.69) is 5.32 Å². The van der Waals surface area contributed by atoms with Crippen LogP contribution in [0.4, 0.5) is 0 Å². The van der Waals surface area contributed by atoms with Gasteiger partial charge in [-0.05, 0) is 24.8 Å². The van der Waals surface area contributed by atoms with Crippen molar-refractivity contribution < 1.29 is 34.8 Å². The van der Waals surface area contributed by atoms with Gasteiger partial charge >= 0.3 is 5.97 Å². The van der Waals surface area contributed by atoms with E-state index in [0.717, 1.165) is 56.9 Å². The summed E-state index contributed by atoms with van der Waals surface area (Å²) in [7, 11) is 0. The minimum Gasteiger partial charge on any atom is -0.461 e. The normalized spacial score (nSPS) is 13.8. The lowest BCUT2D eigenvalue weighted by molar-refractivity contribution is -0.145. The highest BCUT2D eigenvalue weighted by Crippen LogP contribution is 2.12. The van der Waals surface area contributed by atoms with E-state index < -0.39 is 18.3 Å². The first-order chi connectivity index (χ1) is 15.9. The number of hydrogen-bond donors (Lipinski definition) is 5. The molecule has 1 aromatic rings. The Hall–Kier alpha value is -2.00. The molecule has 0 bridgehead atoms. The Morgan fingerprint density at radius 3 is 2.00 bits per heavy atom. The van der Waals surface area contributed by atoms with Gasteiger partial charge in [-0.25, -0.2) is 0 Å². The third-order valence-electron chi connectivity index (χ3n) is 5.50. The van der Waals surface area contributed by atoms with Crippen LogP contribution in [-0.4, -0.2) is 63.8 Å². The number of nitrogens with one attached hydrogen (secondary N) is 1. The van der Waals surface area contributed by atoms with Gasteiger partial charge in [-0.2, -0.15) is 0 Å². The number of carbonyl (C=O) groups excluding carboxylic acids is 2. The second kappa shape index (κ2) is 18.4. The highest BCUT2D eigenvalue weighted by atomic mass is 16.5. The molecule has 1 rings (SSSR count). The van der Waals surface area contributed by atoms with Gasteiger partial charge in [0, 0.05) is 26.0 Å². The lowest BCUT2D eigenvalue weighted by Crippen LogP contribution is -2.44. The van der Waals surface area contributed by atoms with E-state index in [0.29, 0.717) is 19.4 Å². The van der Waals surface area contributed by atoms with Gasteiger partial charge in [0.05, 0.1) is 12.2 Å². The zero-order valence-corrected chi connectivity index (χ0v) is 19.5. The summed E-state index contributed by atoms with van der Waals surface area (Å²) >= 11 is 0. The van der Waals surface area contributed by atoms with Gasteiger partial charge in [0.25, 0.3) is 0 Å². The first-order valence-corrected chi connectivity index (χ1v) is 12.0. The van der Waals surface area contributed by atoms with Crippen molar-refractivity contribution in [1.82, 2.24) is 5.32 Å². The molecule has 0 aliphatic heterocycles. The van der Waals surface area contributed by atoms with Crippen LogP contribution >= 0.6 is 0 Å². The lowest BCUT2D eigenvalue weighted by atomic mass is 10.1. The fourth-order valence-corrected chi connectivity index (χ4v) is 3.41. The van der Waals surface area contributed by atoms with E-state index in [9.17, 15) is 24.9 Å². The third kappa shape index (κ3) is 14.7. The van der Waals surface area contributed by atoms with Gasteiger partial charge < -0.3 is 30.5 Å². The number of ether oxygens (including phenoxy) is 1. The van der Waals surface area contributed by atoms with E-state index >= 15 is 0 Å². The number of esters is 1. The van der Waals surface area contributed by atoms with Crippen LogP contribution in [0.3, 0.4) is 0 Å². The molecule has 1 aromatic carbocycles. The quantitative estimate of drug-likeness (QED) is 0.155. The molecule has 33 heavy (non-hydrogen) atoms. The predicted molar refractivity (Wildman–Crippen MR) is 125 cm³/mol. The van der Waals surface area contributed by atoms with Gasteiger partial charge in [0.15, 0.2) is 0 Å². The van der Waals surface area contributed by atoms with Crippen LogP contribution in [0.1, 0.15) is 76.2 Å². The molecule has 0 unspecified atom stereocenters. The molecule has 3 atom stereocenters. The van der Waals surface area contributed by atoms with Gasteiger partial charge in [-0.15, -0.1) is 0 Å². The molecule has 0 radical (unpaired) electrons. The van der Waals surface area contributed by atoms with E-state index in [1.165, 1.54) is 0 Å². The minimum atomic E-state index is -1.41. The molecule has 0 heterocycles. The van der Waals surface area contributed by atoms with Gasteiger partial charge in [0.2, 0.25) is 5.91 Å². The number of unbranched alkanes of at least 4 members (excludes halogenated alkanes) is 7. The van der Waals surface area contributed by atoms with Gasteiger partial charge in [0.1, 0.15) is 12.7 Å². The zero-order chi connectivity index (χ0) is 24.3. The summed E-state index contributed by atoms with van der Waals surface area (Å²) in [5, 5.41) is 40.3. The van der Waals surface area contributed by atoms with Crippen LogP contribution in [0.25, 0.3) is 0 Å². The van der Waals surface area contributed by atoms with Crippen molar-refractivity contribution in [3.8, 4) is 0 Å². The van der Waals surface area contributed by atoms with Crippen molar-refractivity contribution in [3.05, 3.63) is 35.9 Å². The van der Waals surface area contributed by atoms with Crippen molar-refractivity contribution in [2.24, 2.45) is 0 Å². The molecule has 8 nitrogen and oxygen atoms in total. The molecule has 0 aliphatic carbocycles. The molecular formula is C25H41NO7. The van der Waals surface area contributed by atoms with Crippen LogP contribution < -0.4 is 5.32 Å². The summed E-state index contributed by atoms with van der Waals surface area (Å²) < 4.78 is 5.26. The molecular weight excluding hydrogens is 426 g/mol. The predicted octanol–water partition coefficient (Wildman–Crippen LogP) is 2.21. The largest absolute Gasteiger partial charge is 0.461 e. The number of carbonyl (C=O) groups is 2. The maximum Gasteiger partial charge on any atom is 0.306 e. The second-order valence-electron chi connectivity index (χ2n) is 8.42. The number of rotatable bonds is 19. The third-order valence-corrected chi connectivity index (χ3v) is 5.50. The zero-order valence-electron chi connectivity index (χ0n) is 19.5. The number of aliphatic hydroxyl groups is 4. The summed E-state index contributed by atoms with van der Waals surface area (Å²) in [4.78, 5) is 23.6. The SMILES string of the molecule is O=C(CCCCCCCCCCC(=O)OCc1ccccc1)NC[C@H](O)[C@@H](O)[C@H](O)CCO. The molecule has 5 N–H and O–H groups in total. The lowest BCUT2D eigenvalue weighted by Gasteiger charge is -2.22. The number of amides is 1. The summed E-state index contributed by atoms with van der Waals surface area (Å²) in [6.07, 6.45) is 4.72. The molecule has 188 valence electrons. The monoisotopic (exact) mass is 467 g/mol. The molecule has 8 heteroatoms. The van der Waals surface area contributed by atoms with Crippen molar-refractivity contribution in [1.29, 1.82) is 0 Å². The van der Waals surface area contributed by atoms with Crippen LogP contribution in [-0.2, 0) is 20.9 Å². The first-order valence-electron chi connectivity index (χ1n) is 12.0. The average molecular weight is 468 g/mol. The van der Waals surface area contributed by atoms with Gasteiger partial charge in [-0.3, -0.25) is 9.59 Å². The minimum absolute atomic E-state index is 0.0343. The molecule has 0 saturated carbocycles. The van der Waals surface area contributed by atoms with E-state index in [1.807, 2.05) is 30.3 Å². The molecule has 0 fully saturated rings. The van der Waals surface area contributed by atoms with Crippen molar-refractivity contribution >= 4 is 11.9 Å². The van der Waals surface area contributed by atoms with Crippen LogP contribution in [0, 0.1) is 0 Å². The first kappa shape index (κ1) is 29.0. The topological polar surface area (TPSA) is 136 Å². The molecule has 0 saturated heterocycles. The maximum atomic E-state index is 11.8. The Labute approximate surface area is 197 Å². The van der Waals surface area contributed by atoms with Gasteiger partial charge in [-0.1, -0.05) is 68.9 Å². The smallest absolute Gasteiger partial charge is 0.306 e. The Bertz CT molecular complexity index is 641. The van der Waals surface area contributed by atoms with Crippen molar-refractivity contribution in [2.45, 2.75) is 95.5 Å². The molecule has 0 spiro atoms. The average Bonchev–Trinajstić information content (AvgIpc) is 2.82. The fraction of sp³-hybridized carbons (Fsp3) is 0.680. The second-order valence-corrected chi connectivity index (χ2v) is 8.42. The van der Waals surface area contributed by atoms with Crippen LogP contribution in [0.15, 0.2) is 30.3 Å². The highest BCUT2D eigenvalue weighted by Gasteiger charge is 2.24. The van der Waals surface area contributed by atoms with Crippen molar-refractivity contribution in [3.63, 3.8) is 0 Å². The molecule has 0 aliphatic rings. The summed E-state index contributed by atoms with van der Waals surface area (Å²) in [5.41, 5.74) is 0.994. The van der Waals surface area contributed by atoms with E-state index in [1.54, 1.807) is 0 Å². The fourth-order valence-electron chi connectivity index (χ4n) is 3.41. The number of aliphatic hydroxyl groups excluding tert-OH is 4.